The molecule has 0 spiro atoms. The highest BCUT2D eigenvalue weighted by atomic mass is 32.1. The van der Waals surface area contributed by atoms with Crippen molar-refractivity contribution in [2.75, 3.05) is 33.2 Å². The zero-order chi connectivity index (χ0) is 12.7. The largest absolute Gasteiger partial charge is 0.335 e. The first-order chi connectivity index (χ1) is 8.65. The number of thiazole rings is 1. The lowest BCUT2D eigenvalue weighted by molar-refractivity contribution is 0.0659. The fraction of sp³-hybridized carbons (Fsp3) is 0.500. The molecule has 6 heteroatoms. The van der Waals surface area contributed by atoms with Crippen molar-refractivity contribution in [3.05, 3.63) is 23.0 Å². The van der Waals surface area contributed by atoms with Gasteiger partial charge in [-0.05, 0) is 14.0 Å². The third-order valence-corrected chi connectivity index (χ3v) is 4.36. The molecule has 2 aromatic rings. The van der Waals surface area contributed by atoms with E-state index in [1.54, 1.807) is 11.3 Å². The van der Waals surface area contributed by atoms with Crippen molar-refractivity contribution < 1.29 is 4.79 Å². The highest BCUT2D eigenvalue weighted by Gasteiger charge is 2.22. The lowest BCUT2D eigenvalue weighted by atomic mass is 10.3. The monoisotopic (exact) mass is 264 g/mol. The molecular weight excluding hydrogens is 248 g/mol. The third-order valence-electron chi connectivity index (χ3n) is 3.40. The standard InChI is InChI=1S/C12H16N4OS/c1-9-8-18-12-13-10(7-16(9)12)11(17)15-5-3-14(2)4-6-15/h7-8H,3-6H2,1-2H3. The molecule has 0 bridgehead atoms. The molecule has 1 amide bonds. The summed E-state index contributed by atoms with van der Waals surface area (Å²) in [5.41, 5.74) is 1.69. The van der Waals surface area contributed by atoms with Crippen LogP contribution in [0.1, 0.15) is 16.2 Å². The molecule has 3 rings (SSSR count). The van der Waals surface area contributed by atoms with Crippen LogP contribution >= 0.6 is 11.3 Å². The molecular formula is C12H16N4OS. The lowest BCUT2D eigenvalue weighted by Gasteiger charge is -2.31. The van der Waals surface area contributed by atoms with Crippen molar-refractivity contribution >= 4 is 22.2 Å². The minimum atomic E-state index is 0.0541. The molecule has 1 saturated heterocycles. The first kappa shape index (κ1) is 11.7. The number of amides is 1. The molecule has 0 aromatic carbocycles. The van der Waals surface area contributed by atoms with Crippen LogP contribution in [0, 0.1) is 6.92 Å². The van der Waals surface area contributed by atoms with Crippen molar-refractivity contribution in [1.82, 2.24) is 19.2 Å². The molecule has 1 fully saturated rings. The van der Waals surface area contributed by atoms with Crippen LogP contribution in [0.4, 0.5) is 0 Å². The Hall–Kier alpha value is -1.40. The molecule has 5 nitrogen and oxygen atoms in total. The van der Waals surface area contributed by atoms with Crippen molar-refractivity contribution in [2.24, 2.45) is 0 Å². The van der Waals surface area contributed by atoms with Gasteiger partial charge in [-0.25, -0.2) is 4.98 Å². The molecule has 0 unspecified atom stereocenters. The van der Waals surface area contributed by atoms with Crippen LogP contribution in [0.3, 0.4) is 0 Å². The van der Waals surface area contributed by atoms with E-state index in [4.69, 9.17) is 0 Å². The second-order valence-electron chi connectivity index (χ2n) is 4.75. The van der Waals surface area contributed by atoms with E-state index >= 15 is 0 Å². The van der Waals surface area contributed by atoms with Crippen molar-refractivity contribution in [3.63, 3.8) is 0 Å². The summed E-state index contributed by atoms with van der Waals surface area (Å²) in [4.78, 5) is 21.7. The maximum Gasteiger partial charge on any atom is 0.274 e. The van der Waals surface area contributed by atoms with Crippen molar-refractivity contribution in [2.45, 2.75) is 6.92 Å². The van der Waals surface area contributed by atoms with Gasteiger partial charge in [0.05, 0.1) is 0 Å². The summed E-state index contributed by atoms with van der Waals surface area (Å²) in [6, 6.07) is 0. The van der Waals surface area contributed by atoms with E-state index in [0.717, 1.165) is 36.8 Å². The van der Waals surface area contributed by atoms with Gasteiger partial charge in [0.1, 0.15) is 5.69 Å². The van der Waals surface area contributed by atoms with E-state index in [1.807, 2.05) is 27.8 Å². The predicted molar refractivity (Wildman–Crippen MR) is 71.2 cm³/mol. The fourth-order valence-electron chi connectivity index (χ4n) is 2.17. The molecule has 3 heterocycles. The Labute approximate surface area is 110 Å². The number of carbonyl (C=O) groups is 1. The quantitative estimate of drug-likeness (QED) is 0.774. The van der Waals surface area contributed by atoms with Gasteiger partial charge in [-0.15, -0.1) is 11.3 Å². The van der Waals surface area contributed by atoms with Crippen LogP contribution < -0.4 is 0 Å². The molecule has 96 valence electrons. The summed E-state index contributed by atoms with van der Waals surface area (Å²) in [5.74, 6) is 0.0541. The Morgan fingerprint density at radius 2 is 2.06 bits per heavy atom. The minimum absolute atomic E-state index is 0.0541. The van der Waals surface area contributed by atoms with E-state index in [9.17, 15) is 4.79 Å². The van der Waals surface area contributed by atoms with Gasteiger partial charge >= 0.3 is 0 Å². The van der Waals surface area contributed by atoms with Gasteiger partial charge in [0.2, 0.25) is 0 Å². The molecule has 1 aliphatic rings. The molecule has 1 aliphatic heterocycles. The number of piperazine rings is 1. The fourth-order valence-corrected chi connectivity index (χ4v) is 3.02. The highest BCUT2D eigenvalue weighted by molar-refractivity contribution is 7.15. The van der Waals surface area contributed by atoms with Gasteiger partial charge in [-0.3, -0.25) is 9.20 Å². The molecule has 0 atom stereocenters. The number of likely N-dealkylation sites (N-methyl/N-ethyl adjacent to an activating group) is 1. The predicted octanol–water partition coefficient (Wildman–Crippen LogP) is 1.09. The number of nitrogens with zero attached hydrogens (tertiary/aromatic N) is 4. The number of hydrogen-bond donors (Lipinski definition) is 0. The van der Waals surface area contributed by atoms with Crippen molar-refractivity contribution in [1.29, 1.82) is 0 Å². The van der Waals surface area contributed by atoms with E-state index in [1.165, 1.54) is 0 Å². The van der Waals surface area contributed by atoms with Crippen molar-refractivity contribution in [3.8, 4) is 0 Å². The van der Waals surface area contributed by atoms with Gasteiger partial charge < -0.3 is 9.80 Å². The number of imidazole rings is 1. The molecule has 18 heavy (non-hydrogen) atoms. The van der Waals surface area contributed by atoms with Crippen LogP contribution in [0.5, 0.6) is 0 Å². The van der Waals surface area contributed by atoms with Gasteiger partial charge in [-0.2, -0.15) is 0 Å². The van der Waals surface area contributed by atoms with Gasteiger partial charge in [0.15, 0.2) is 4.96 Å². The number of carbonyl (C=O) groups excluding carboxylic acids is 1. The number of rotatable bonds is 1. The van der Waals surface area contributed by atoms with Crippen LogP contribution in [0.2, 0.25) is 0 Å². The Morgan fingerprint density at radius 1 is 1.33 bits per heavy atom. The zero-order valence-electron chi connectivity index (χ0n) is 10.6. The van der Waals surface area contributed by atoms with Gasteiger partial charge in [-0.1, -0.05) is 0 Å². The second-order valence-corrected chi connectivity index (χ2v) is 5.59. The van der Waals surface area contributed by atoms with E-state index in [-0.39, 0.29) is 5.91 Å². The average Bonchev–Trinajstić information content (AvgIpc) is 2.92. The number of aromatic nitrogens is 2. The van der Waals surface area contributed by atoms with Crippen LogP contribution in [0.15, 0.2) is 11.6 Å². The summed E-state index contributed by atoms with van der Waals surface area (Å²) >= 11 is 1.57. The molecule has 0 N–H and O–H groups in total. The number of hydrogen-bond acceptors (Lipinski definition) is 4. The minimum Gasteiger partial charge on any atom is -0.335 e. The summed E-state index contributed by atoms with van der Waals surface area (Å²) in [7, 11) is 2.08. The Kier molecular flexibility index (Phi) is 2.83. The Balaban J connectivity index is 1.83. The number of aryl methyl sites for hydroxylation is 1. The maximum absolute atomic E-state index is 12.3. The maximum atomic E-state index is 12.3. The molecule has 2 aromatic heterocycles. The zero-order valence-corrected chi connectivity index (χ0v) is 11.4. The van der Waals surface area contributed by atoms with Crippen LogP contribution in [-0.4, -0.2) is 58.3 Å². The van der Waals surface area contributed by atoms with E-state index in [2.05, 4.69) is 16.9 Å². The average molecular weight is 264 g/mol. The second kappa shape index (κ2) is 4.37. The smallest absolute Gasteiger partial charge is 0.274 e. The Bertz CT molecular complexity index is 580. The van der Waals surface area contributed by atoms with E-state index in [0.29, 0.717) is 5.69 Å². The van der Waals surface area contributed by atoms with E-state index < -0.39 is 0 Å². The van der Waals surface area contributed by atoms with Gasteiger partial charge in [0, 0.05) is 43.4 Å². The number of fused-ring (bicyclic) bond motifs is 1. The molecule has 0 saturated carbocycles. The topological polar surface area (TPSA) is 40.9 Å². The summed E-state index contributed by atoms with van der Waals surface area (Å²) in [6.45, 7) is 5.48. The Morgan fingerprint density at radius 3 is 2.72 bits per heavy atom. The highest BCUT2D eigenvalue weighted by Crippen LogP contribution is 2.17. The summed E-state index contributed by atoms with van der Waals surface area (Å²) in [5, 5.41) is 2.05. The van der Waals surface area contributed by atoms with Gasteiger partial charge in [0.25, 0.3) is 5.91 Å². The third kappa shape index (κ3) is 1.91. The SMILES string of the molecule is Cc1csc2nc(C(=O)N3CCN(C)CC3)cn12. The van der Waals surface area contributed by atoms with Crippen LogP contribution in [-0.2, 0) is 0 Å². The molecule has 0 radical (unpaired) electrons. The summed E-state index contributed by atoms with van der Waals surface area (Å²) < 4.78 is 1.98. The first-order valence-corrected chi connectivity index (χ1v) is 6.94. The normalized spacial score (nSPS) is 17.6. The molecule has 0 aliphatic carbocycles. The first-order valence-electron chi connectivity index (χ1n) is 6.06. The lowest BCUT2D eigenvalue weighted by Crippen LogP contribution is -2.47. The summed E-state index contributed by atoms with van der Waals surface area (Å²) in [6.07, 6.45) is 1.85. The van der Waals surface area contributed by atoms with Crippen LogP contribution in [0.25, 0.3) is 4.96 Å².